The van der Waals surface area contributed by atoms with Crippen molar-refractivity contribution in [3.8, 4) is 0 Å². The molecule has 15 heavy (non-hydrogen) atoms. The predicted octanol–water partition coefficient (Wildman–Crippen LogP) is 2.61. The molecular weight excluding hydrogens is 212 g/mol. The first-order valence-electron chi connectivity index (χ1n) is 5.25. The number of ether oxygens (including phenoxy) is 2. The van der Waals surface area contributed by atoms with Crippen LogP contribution in [0.25, 0.3) is 0 Å². The zero-order chi connectivity index (χ0) is 11.4. The molecule has 0 aromatic rings. The highest BCUT2D eigenvalue weighted by molar-refractivity contribution is 8.02. The number of thioether (sulfide) groups is 1. The Bertz CT molecular complexity index is 181. The Kier molecular flexibility index (Phi) is 11.2. The van der Waals surface area contributed by atoms with Crippen molar-refractivity contribution in [2.45, 2.75) is 26.7 Å². The highest BCUT2D eigenvalue weighted by atomic mass is 32.2. The summed E-state index contributed by atoms with van der Waals surface area (Å²) >= 11 is 1.67. The SMILES string of the molecule is CCCCOCCS/C=C/COC(C)=O. The van der Waals surface area contributed by atoms with Gasteiger partial charge in [0.15, 0.2) is 0 Å². The third-order valence-corrected chi connectivity index (χ3v) is 2.35. The van der Waals surface area contributed by atoms with Gasteiger partial charge in [0.25, 0.3) is 0 Å². The van der Waals surface area contributed by atoms with Gasteiger partial charge in [-0.3, -0.25) is 4.79 Å². The maximum atomic E-state index is 10.4. The molecule has 0 saturated carbocycles. The van der Waals surface area contributed by atoms with Gasteiger partial charge in [-0.25, -0.2) is 0 Å². The van der Waals surface area contributed by atoms with Gasteiger partial charge in [0.05, 0.1) is 6.61 Å². The lowest BCUT2D eigenvalue weighted by Gasteiger charge is -2.00. The fraction of sp³-hybridized carbons (Fsp3) is 0.727. The first kappa shape index (κ1) is 14.5. The molecule has 0 spiro atoms. The number of carbonyl (C=O) groups excluding carboxylic acids is 1. The first-order chi connectivity index (χ1) is 7.27. The lowest BCUT2D eigenvalue weighted by Crippen LogP contribution is -1.98. The van der Waals surface area contributed by atoms with Gasteiger partial charge in [-0.2, -0.15) is 0 Å². The van der Waals surface area contributed by atoms with Gasteiger partial charge in [0, 0.05) is 19.3 Å². The Labute approximate surface area is 96.2 Å². The number of unbranched alkanes of at least 4 members (excludes halogenated alkanes) is 1. The molecule has 0 N–H and O–H groups in total. The fourth-order valence-corrected chi connectivity index (χ4v) is 1.36. The molecule has 0 fully saturated rings. The van der Waals surface area contributed by atoms with Crippen LogP contribution in [-0.4, -0.2) is 31.5 Å². The van der Waals surface area contributed by atoms with E-state index in [1.165, 1.54) is 13.3 Å². The summed E-state index contributed by atoms with van der Waals surface area (Å²) < 4.78 is 10.1. The van der Waals surface area contributed by atoms with E-state index in [9.17, 15) is 4.79 Å². The molecule has 0 aliphatic carbocycles. The highest BCUT2D eigenvalue weighted by Gasteiger charge is 1.88. The average molecular weight is 232 g/mol. The van der Waals surface area contributed by atoms with Crippen molar-refractivity contribution in [2.75, 3.05) is 25.6 Å². The monoisotopic (exact) mass is 232 g/mol. The Morgan fingerprint density at radius 1 is 1.40 bits per heavy atom. The van der Waals surface area contributed by atoms with Gasteiger partial charge in [-0.05, 0) is 17.9 Å². The third kappa shape index (κ3) is 13.5. The van der Waals surface area contributed by atoms with E-state index in [2.05, 4.69) is 6.92 Å². The van der Waals surface area contributed by atoms with E-state index in [1.54, 1.807) is 11.8 Å². The molecule has 0 heterocycles. The lowest BCUT2D eigenvalue weighted by atomic mass is 10.4. The minimum atomic E-state index is -0.243. The Balaban J connectivity index is 3.06. The summed E-state index contributed by atoms with van der Waals surface area (Å²) in [7, 11) is 0. The van der Waals surface area contributed by atoms with Crippen LogP contribution in [0.3, 0.4) is 0 Å². The van der Waals surface area contributed by atoms with Crippen LogP contribution in [0.2, 0.25) is 0 Å². The first-order valence-corrected chi connectivity index (χ1v) is 6.30. The van der Waals surface area contributed by atoms with Gasteiger partial charge in [-0.15, -0.1) is 11.8 Å². The van der Waals surface area contributed by atoms with Crippen molar-refractivity contribution < 1.29 is 14.3 Å². The van der Waals surface area contributed by atoms with Crippen LogP contribution < -0.4 is 0 Å². The summed E-state index contributed by atoms with van der Waals surface area (Å²) in [6.45, 7) is 5.55. The van der Waals surface area contributed by atoms with Gasteiger partial charge in [0.1, 0.15) is 6.61 Å². The minimum Gasteiger partial charge on any atom is -0.462 e. The number of hydrogen-bond acceptors (Lipinski definition) is 4. The average Bonchev–Trinajstić information content (AvgIpc) is 2.20. The molecule has 3 nitrogen and oxygen atoms in total. The molecule has 0 radical (unpaired) electrons. The smallest absolute Gasteiger partial charge is 0.302 e. The van der Waals surface area contributed by atoms with Crippen LogP contribution in [0.1, 0.15) is 26.7 Å². The molecule has 0 bridgehead atoms. The Hall–Kier alpha value is -0.480. The van der Waals surface area contributed by atoms with Crippen LogP contribution in [0, 0.1) is 0 Å². The summed E-state index contributed by atoms with van der Waals surface area (Å²) in [5.74, 6) is 0.702. The maximum absolute atomic E-state index is 10.4. The van der Waals surface area contributed by atoms with Gasteiger partial charge < -0.3 is 9.47 Å². The second kappa shape index (κ2) is 11.6. The lowest BCUT2D eigenvalue weighted by molar-refractivity contribution is -0.139. The Morgan fingerprint density at radius 2 is 2.20 bits per heavy atom. The summed E-state index contributed by atoms with van der Waals surface area (Å²) in [4.78, 5) is 10.4. The van der Waals surface area contributed by atoms with Crippen molar-refractivity contribution in [3.05, 3.63) is 11.5 Å². The van der Waals surface area contributed by atoms with Crippen molar-refractivity contribution in [2.24, 2.45) is 0 Å². The number of esters is 1. The van der Waals surface area contributed by atoms with E-state index in [0.29, 0.717) is 6.61 Å². The van der Waals surface area contributed by atoms with E-state index in [4.69, 9.17) is 9.47 Å². The van der Waals surface area contributed by atoms with Gasteiger partial charge in [0.2, 0.25) is 0 Å². The quantitative estimate of drug-likeness (QED) is 0.452. The van der Waals surface area contributed by atoms with Crippen molar-refractivity contribution in [1.82, 2.24) is 0 Å². The van der Waals surface area contributed by atoms with E-state index in [1.807, 2.05) is 11.5 Å². The molecule has 4 heteroatoms. The minimum absolute atomic E-state index is 0.243. The second-order valence-electron chi connectivity index (χ2n) is 3.01. The van der Waals surface area contributed by atoms with Crippen molar-refractivity contribution in [1.29, 1.82) is 0 Å². The van der Waals surface area contributed by atoms with Crippen LogP contribution >= 0.6 is 11.8 Å². The summed E-state index contributed by atoms with van der Waals surface area (Å²) in [5, 5.41) is 1.94. The number of rotatable bonds is 9. The molecule has 0 aliphatic heterocycles. The van der Waals surface area contributed by atoms with Crippen LogP contribution in [0.4, 0.5) is 0 Å². The standard InChI is InChI=1S/C11H20O3S/c1-3-4-6-13-8-10-15-9-5-7-14-11(2)12/h5,9H,3-4,6-8,10H2,1-2H3/b9-5+. The molecular formula is C11H20O3S. The molecule has 88 valence electrons. The third-order valence-electron chi connectivity index (χ3n) is 1.56. The largest absolute Gasteiger partial charge is 0.462 e. The van der Waals surface area contributed by atoms with Crippen LogP contribution in [-0.2, 0) is 14.3 Å². The zero-order valence-electron chi connectivity index (χ0n) is 9.53. The summed E-state index contributed by atoms with van der Waals surface area (Å²) in [6, 6.07) is 0. The zero-order valence-corrected chi connectivity index (χ0v) is 10.3. The summed E-state index contributed by atoms with van der Waals surface area (Å²) in [6.07, 6.45) is 4.14. The molecule has 0 saturated heterocycles. The molecule has 0 rings (SSSR count). The summed E-state index contributed by atoms with van der Waals surface area (Å²) in [5.41, 5.74) is 0. The van der Waals surface area contributed by atoms with Crippen LogP contribution in [0.15, 0.2) is 11.5 Å². The molecule has 0 aromatic heterocycles. The predicted molar refractivity (Wildman–Crippen MR) is 64.0 cm³/mol. The topological polar surface area (TPSA) is 35.5 Å². The number of carbonyl (C=O) groups is 1. The maximum Gasteiger partial charge on any atom is 0.302 e. The number of hydrogen-bond donors (Lipinski definition) is 0. The van der Waals surface area contributed by atoms with Gasteiger partial charge >= 0.3 is 5.97 Å². The highest BCUT2D eigenvalue weighted by Crippen LogP contribution is 2.01. The Morgan fingerprint density at radius 3 is 2.87 bits per heavy atom. The molecule has 0 aliphatic rings. The van der Waals surface area contributed by atoms with E-state index >= 15 is 0 Å². The fourth-order valence-electron chi connectivity index (χ4n) is 0.796. The molecule has 0 unspecified atom stereocenters. The molecule has 0 atom stereocenters. The van der Waals surface area contributed by atoms with Crippen molar-refractivity contribution >= 4 is 17.7 Å². The second-order valence-corrected chi connectivity index (χ2v) is 4.02. The van der Waals surface area contributed by atoms with Crippen molar-refractivity contribution in [3.63, 3.8) is 0 Å². The van der Waals surface area contributed by atoms with Gasteiger partial charge in [-0.1, -0.05) is 13.3 Å². The van der Waals surface area contributed by atoms with E-state index < -0.39 is 0 Å². The normalized spacial score (nSPS) is 10.8. The van der Waals surface area contributed by atoms with E-state index in [0.717, 1.165) is 25.4 Å². The van der Waals surface area contributed by atoms with E-state index in [-0.39, 0.29) is 5.97 Å². The molecule has 0 aromatic carbocycles. The molecule has 0 amide bonds. The van der Waals surface area contributed by atoms with Crippen LogP contribution in [0.5, 0.6) is 0 Å².